The highest BCUT2D eigenvalue weighted by molar-refractivity contribution is 6.09. The third kappa shape index (κ3) is 2.69. The van der Waals surface area contributed by atoms with Crippen LogP contribution in [-0.4, -0.2) is 4.57 Å². The minimum atomic E-state index is -0.0244. The van der Waals surface area contributed by atoms with Crippen molar-refractivity contribution in [2.24, 2.45) is 7.05 Å². The predicted molar refractivity (Wildman–Crippen MR) is 156 cm³/mol. The largest absolute Gasteiger partial charge is 0.344 e. The van der Waals surface area contributed by atoms with Crippen molar-refractivity contribution in [3.8, 4) is 33.4 Å². The zero-order chi connectivity index (χ0) is 25.1. The van der Waals surface area contributed by atoms with Gasteiger partial charge in [0.2, 0.25) is 0 Å². The molecule has 1 aromatic heterocycles. The van der Waals surface area contributed by atoms with Gasteiger partial charge in [0.25, 0.3) is 0 Å². The zero-order valence-corrected chi connectivity index (χ0v) is 21.8. The standard InChI is InChI=1S/C36H29N/c1-21-9-13-27-30-20-23(12-16-32(30)37(4)33(27)17-21)22-11-15-31-29(19-22)28-14-10-25-18-24-7-5-6-8-26(24)34(25)35(28)36(31,2)3/h5-17,19-20H,18H2,1-4H3. The van der Waals surface area contributed by atoms with Gasteiger partial charge in [-0.2, -0.15) is 0 Å². The number of hydrogen-bond acceptors (Lipinski definition) is 0. The van der Waals surface area contributed by atoms with Gasteiger partial charge in [-0.15, -0.1) is 0 Å². The van der Waals surface area contributed by atoms with E-state index in [2.05, 4.69) is 123 Å². The molecule has 0 spiro atoms. The molecule has 0 amide bonds. The molecule has 0 atom stereocenters. The summed E-state index contributed by atoms with van der Waals surface area (Å²) in [7, 11) is 2.18. The van der Waals surface area contributed by atoms with Crippen LogP contribution in [0.4, 0.5) is 0 Å². The summed E-state index contributed by atoms with van der Waals surface area (Å²) in [6.45, 7) is 6.98. The lowest BCUT2D eigenvalue weighted by molar-refractivity contribution is 0.662. The van der Waals surface area contributed by atoms with Gasteiger partial charge in [-0.3, -0.25) is 0 Å². The van der Waals surface area contributed by atoms with Crippen LogP contribution in [0.5, 0.6) is 0 Å². The second kappa shape index (κ2) is 7.01. The van der Waals surface area contributed by atoms with Gasteiger partial charge in [-0.25, -0.2) is 0 Å². The van der Waals surface area contributed by atoms with E-state index >= 15 is 0 Å². The van der Waals surface area contributed by atoms with Crippen LogP contribution in [0.15, 0.2) is 91.0 Å². The second-order valence-corrected chi connectivity index (χ2v) is 11.6. The summed E-state index contributed by atoms with van der Waals surface area (Å²) in [6, 6.07) is 34.6. The molecular formula is C36H29N. The Balaban J connectivity index is 1.33. The molecule has 178 valence electrons. The Kier molecular flexibility index (Phi) is 3.99. The second-order valence-electron chi connectivity index (χ2n) is 11.6. The maximum absolute atomic E-state index is 2.44. The third-order valence-corrected chi connectivity index (χ3v) is 9.06. The van der Waals surface area contributed by atoms with E-state index in [0.29, 0.717) is 0 Å². The average molecular weight is 476 g/mol. The summed E-state index contributed by atoms with van der Waals surface area (Å²) in [4.78, 5) is 0. The Hall–Kier alpha value is -4.10. The van der Waals surface area contributed by atoms with Gasteiger partial charge >= 0.3 is 0 Å². The van der Waals surface area contributed by atoms with Crippen molar-refractivity contribution in [3.05, 3.63) is 119 Å². The molecule has 0 unspecified atom stereocenters. The molecule has 0 bridgehead atoms. The minimum Gasteiger partial charge on any atom is -0.344 e. The van der Waals surface area contributed by atoms with E-state index in [1.165, 1.54) is 83.0 Å². The van der Waals surface area contributed by atoms with E-state index in [1.54, 1.807) is 0 Å². The van der Waals surface area contributed by atoms with Crippen LogP contribution in [0.3, 0.4) is 0 Å². The number of nitrogens with zero attached hydrogens (tertiary/aromatic N) is 1. The maximum atomic E-state index is 2.44. The number of hydrogen-bond donors (Lipinski definition) is 0. The zero-order valence-electron chi connectivity index (χ0n) is 21.8. The minimum absolute atomic E-state index is 0.0244. The molecule has 1 heteroatoms. The first-order chi connectivity index (χ1) is 17.9. The molecule has 6 aromatic rings. The van der Waals surface area contributed by atoms with Crippen molar-refractivity contribution in [1.82, 2.24) is 4.57 Å². The molecule has 1 heterocycles. The Morgan fingerprint density at radius 1 is 0.649 bits per heavy atom. The Bertz CT molecular complexity index is 1950. The first kappa shape index (κ1) is 21.0. The molecule has 5 aromatic carbocycles. The highest BCUT2D eigenvalue weighted by atomic mass is 14.9. The van der Waals surface area contributed by atoms with Gasteiger partial charge < -0.3 is 4.57 Å². The van der Waals surface area contributed by atoms with Crippen LogP contribution in [0.25, 0.3) is 55.2 Å². The number of rotatable bonds is 1. The molecule has 1 nitrogen and oxygen atoms in total. The van der Waals surface area contributed by atoms with Gasteiger partial charge in [0, 0.05) is 34.3 Å². The Morgan fingerprint density at radius 3 is 2.35 bits per heavy atom. The van der Waals surface area contributed by atoms with E-state index in [-0.39, 0.29) is 5.41 Å². The topological polar surface area (TPSA) is 4.93 Å². The molecule has 0 saturated carbocycles. The first-order valence-corrected chi connectivity index (χ1v) is 13.3. The van der Waals surface area contributed by atoms with Gasteiger partial charge in [-0.1, -0.05) is 80.6 Å². The third-order valence-electron chi connectivity index (χ3n) is 9.06. The molecule has 2 aliphatic rings. The lowest BCUT2D eigenvalue weighted by atomic mass is 9.78. The fourth-order valence-corrected chi connectivity index (χ4v) is 7.22. The van der Waals surface area contributed by atoms with Crippen LogP contribution < -0.4 is 0 Å². The number of aryl methyl sites for hydroxylation is 2. The van der Waals surface area contributed by atoms with E-state index in [1.807, 2.05) is 0 Å². The highest BCUT2D eigenvalue weighted by Crippen LogP contribution is 2.55. The maximum Gasteiger partial charge on any atom is 0.0491 e. The van der Waals surface area contributed by atoms with Crippen LogP contribution in [0, 0.1) is 6.92 Å². The SMILES string of the molecule is Cc1ccc2c3cc(-c4ccc5c(c4)-c4ccc6c(c4C5(C)C)-c4ccccc4C6)ccc3n(C)c2c1. The fourth-order valence-electron chi connectivity index (χ4n) is 7.22. The van der Waals surface area contributed by atoms with Crippen LogP contribution in [-0.2, 0) is 18.9 Å². The summed E-state index contributed by atoms with van der Waals surface area (Å²) in [5.74, 6) is 0. The van der Waals surface area contributed by atoms with Gasteiger partial charge in [0.05, 0.1) is 0 Å². The van der Waals surface area contributed by atoms with Crippen molar-refractivity contribution in [1.29, 1.82) is 0 Å². The van der Waals surface area contributed by atoms with Gasteiger partial charge in [-0.05, 0) is 98.8 Å². The van der Waals surface area contributed by atoms with E-state index in [0.717, 1.165) is 6.42 Å². The first-order valence-electron chi connectivity index (χ1n) is 13.3. The lowest BCUT2D eigenvalue weighted by Crippen LogP contribution is -2.16. The lowest BCUT2D eigenvalue weighted by Gasteiger charge is -2.24. The van der Waals surface area contributed by atoms with E-state index in [9.17, 15) is 0 Å². The molecule has 0 saturated heterocycles. The van der Waals surface area contributed by atoms with Crippen molar-refractivity contribution >= 4 is 21.8 Å². The molecule has 0 fully saturated rings. The summed E-state index contributed by atoms with van der Waals surface area (Å²) < 4.78 is 2.32. The molecule has 0 aliphatic heterocycles. The van der Waals surface area contributed by atoms with Crippen LogP contribution in [0.2, 0.25) is 0 Å². The molecule has 8 rings (SSSR count). The number of benzene rings is 5. The smallest absolute Gasteiger partial charge is 0.0491 e. The summed E-state index contributed by atoms with van der Waals surface area (Å²) >= 11 is 0. The van der Waals surface area contributed by atoms with E-state index in [4.69, 9.17) is 0 Å². The number of aromatic nitrogens is 1. The summed E-state index contributed by atoms with van der Waals surface area (Å²) in [5, 5.41) is 2.65. The highest BCUT2D eigenvalue weighted by Gasteiger charge is 2.40. The van der Waals surface area contributed by atoms with Crippen molar-refractivity contribution in [2.75, 3.05) is 0 Å². The monoisotopic (exact) mass is 475 g/mol. The molecule has 0 N–H and O–H groups in total. The average Bonchev–Trinajstić information content (AvgIpc) is 3.49. The van der Waals surface area contributed by atoms with Crippen LogP contribution in [0.1, 0.15) is 41.7 Å². The fraction of sp³-hybridized carbons (Fsp3) is 0.167. The normalized spacial score (nSPS) is 14.6. The quantitative estimate of drug-likeness (QED) is 0.223. The molecule has 0 radical (unpaired) electrons. The summed E-state index contributed by atoms with van der Waals surface area (Å²) in [5.41, 5.74) is 18.0. The Morgan fingerprint density at radius 2 is 1.46 bits per heavy atom. The van der Waals surface area contributed by atoms with Gasteiger partial charge in [0.15, 0.2) is 0 Å². The molecule has 37 heavy (non-hydrogen) atoms. The van der Waals surface area contributed by atoms with Crippen molar-refractivity contribution in [2.45, 2.75) is 32.6 Å². The predicted octanol–water partition coefficient (Wildman–Crippen LogP) is 9.18. The molecular weight excluding hydrogens is 446 g/mol. The van der Waals surface area contributed by atoms with Crippen molar-refractivity contribution in [3.63, 3.8) is 0 Å². The molecule has 2 aliphatic carbocycles. The Labute approximate surface area is 218 Å². The van der Waals surface area contributed by atoms with Gasteiger partial charge in [0.1, 0.15) is 0 Å². The van der Waals surface area contributed by atoms with Crippen LogP contribution >= 0.6 is 0 Å². The van der Waals surface area contributed by atoms with E-state index < -0.39 is 0 Å². The number of fused-ring (bicyclic) bond motifs is 10. The summed E-state index contributed by atoms with van der Waals surface area (Å²) in [6.07, 6.45) is 1.04. The van der Waals surface area contributed by atoms with Crippen molar-refractivity contribution < 1.29 is 0 Å².